The minimum Gasteiger partial charge on any atom is -0.478 e. The Hall–Kier alpha value is -1.33. The van der Waals surface area contributed by atoms with Crippen LogP contribution in [0.15, 0.2) is 45.3 Å². The number of benzene rings is 2. The molecule has 3 nitrogen and oxygen atoms in total. The van der Waals surface area contributed by atoms with E-state index in [0.29, 0.717) is 11.5 Å². The van der Waals surface area contributed by atoms with Crippen molar-refractivity contribution >= 4 is 37.8 Å². The third kappa shape index (κ3) is 3.36. The fourth-order valence-electron chi connectivity index (χ4n) is 1.56. The van der Waals surface area contributed by atoms with Gasteiger partial charge in [0.1, 0.15) is 17.1 Å². The summed E-state index contributed by atoms with van der Waals surface area (Å²) in [4.78, 5) is 11.2. The van der Waals surface area contributed by atoms with Crippen molar-refractivity contribution in [2.45, 2.75) is 6.92 Å². The summed E-state index contributed by atoms with van der Waals surface area (Å²) in [5, 5.41) is 9.14. The van der Waals surface area contributed by atoms with E-state index in [0.717, 1.165) is 14.5 Å². The molecule has 0 spiro atoms. The van der Waals surface area contributed by atoms with Crippen LogP contribution in [0.25, 0.3) is 0 Å². The summed E-state index contributed by atoms with van der Waals surface area (Å²) in [6, 6.07) is 10.4. The van der Waals surface area contributed by atoms with Crippen LogP contribution in [-0.2, 0) is 0 Å². The Kier molecular flexibility index (Phi) is 4.27. The van der Waals surface area contributed by atoms with Gasteiger partial charge in [0, 0.05) is 4.47 Å². The molecule has 2 aromatic rings. The van der Waals surface area contributed by atoms with E-state index in [1.54, 1.807) is 18.2 Å². The number of carbonyl (C=O) groups is 1. The van der Waals surface area contributed by atoms with Crippen molar-refractivity contribution in [3.05, 3.63) is 56.5 Å². The summed E-state index contributed by atoms with van der Waals surface area (Å²) in [5.74, 6) is -0.150. The zero-order valence-corrected chi connectivity index (χ0v) is 13.2. The second-order valence-electron chi connectivity index (χ2n) is 3.98. The van der Waals surface area contributed by atoms with Crippen LogP contribution < -0.4 is 4.74 Å². The van der Waals surface area contributed by atoms with Crippen LogP contribution in [-0.4, -0.2) is 11.1 Å². The summed E-state index contributed by atoms with van der Waals surface area (Å²) >= 11 is 6.70. The predicted molar refractivity (Wildman–Crippen MR) is 80.1 cm³/mol. The quantitative estimate of drug-likeness (QED) is 0.807. The predicted octanol–water partition coefficient (Wildman–Crippen LogP) is 5.01. The maximum atomic E-state index is 11.2. The molecule has 0 aliphatic heterocycles. The molecular weight excluding hydrogens is 376 g/mol. The minimum absolute atomic E-state index is 0.121. The summed E-state index contributed by atoms with van der Waals surface area (Å²) in [5.41, 5.74) is 1.21. The van der Waals surface area contributed by atoms with E-state index in [1.165, 1.54) is 6.07 Å². The summed E-state index contributed by atoms with van der Waals surface area (Å²) < 4.78 is 7.22. The molecule has 2 rings (SSSR count). The van der Waals surface area contributed by atoms with Crippen LogP contribution in [0.4, 0.5) is 0 Å². The van der Waals surface area contributed by atoms with Crippen molar-refractivity contribution in [1.29, 1.82) is 0 Å². The average molecular weight is 386 g/mol. The Bertz CT molecular complexity index is 639. The Morgan fingerprint density at radius 2 is 1.84 bits per heavy atom. The molecule has 0 amide bonds. The average Bonchev–Trinajstić information content (AvgIpc) is 2.32. The number of aromatic carboxylic acids is 1. The van der Waals surface area contributed by atoms with Crippen molar-refractivity contribution < 1.29 is 14.6 Å². The molecule has 1 N–H and O–H groups in total. The molecule has 0 bridgehead atoms. The highest BCUT2D eigenvalue weighted by molar-refractivity contribution is 9.10. The Morgan fingerprint density at radius 3 is 2.47 bits per heavy atom. The van der Waals surface area contributed by atoms with Gasteiger partial charge < -0.3 is 9.84 Å². The minimum atomic E-state index is -1.02. The molecule has 98 valence electrons. The van der Waals surface area contributed by atoms with E-state index in [-0.39, 0.29) is 5.56 Å². The van der Waals surface area contributed by atoms with E-state index < -0.39 is 5.97 Å². The molecule has 0 aliphatic carbocycles. The van der Waals surface area contributed by atoms with Gasteiger partial charge in [-0.25, -0.2) is 4.79 Å². The molecular formula is C14H10Br2O3. The summed E-state index contributed by atoms with van der Waals surface area (Å²) in [6.07, 6.45) is 0. The number of carboxylic acids is 1. The topological polar surface area (TPSA) is 46.5 Å². The van der Waals surface area contributed by atoms with E-state index in [4.69, 9.17) is 9.84 Å². The lowest BCUT2D eigenvalue weighted by atomic mass is 10.2. The fourth-order valence-corrected chi connectivity index (χ4v) is 2.48. The maximum Gasteiger partial charge on any atom is 0.339 e. The monoisotopic (exact) mass is 384 g/mol. The van der Waals surface area contributed by atoms with Gasteiger partial charge >= 0.3 is 5.97 Å². The zero-order valence-electron chi connectivity index (χ0n) is 9.98. The second-order valence-corrected chi connectivity index (χ2v) is 5.75. The molecule has 5 heteroatoms. The van der Waals surface area contributed by atoms with Crippen LogP contribution in [0, 0.1) is 6.92 Å². The molecule has 0 saturated carbocycles. The van der Waals surface area contributed by atoms with E-state index in [2.05, 4.69) is 31.9 Å². The molecule has 0 fully saturated rings. The highest BCUT2D eigenvalue weighted by atomic mass is 79.9. The second kappa shape index (κ2) is 5.75. The van der Waals surface area contributed by atoms with Crippen molar-refractivity contribution in [2.75, 3.05) is 0 Å². The third-order valence-corrected chi connectivity index (χ3v) is 3.59. The molecule has 19 heavy (non-hydrogen) atoms. The molecule has 0 saturated heterocycles. The van der Waals surface area contributed by atoms with Crippen molar-refractivity contribution in [3.8, 4) is 11.5 Å². The van der Waals surface area contributed by atoms with Crippen molar-refractivity contribution in [3.63, 3.8) is 0 Å². The SMILES string of the molecule is Cc1ccc(Oc2cc(Br)ccc2C(=O)O)c(Br)c1. The van der Waals surface area contributed by atoms with Gasteiger partial charge in [-0.3, -0.25) is 0 Å². The lowest BCUT2D eigenvalue weighted by Gasteiger charge is -2.11. The van der Waals surface area contributed by atoms with Crippen LogP contribution >= 0.6 is 31.9 Å². The number of hydrogen-bond acceptors (Lipinski definition) is 2. The summed E-state index contributed by atoms with van der Waals surface area (Å²) in [6.45, 7) is 1.97. The Labute approximate surface area is 127 Å². The van der Waals surface area contributed by atoms with Gasteiger partial charge in [-0.2, -0.15) is 0 Å². The van der Waals surface area contributed by atoms with Gasteiger partial charge in [-0.1, -0.05) is 22.0 Å². The van der Waals surface area contributed by atoms with Gasteiger partial charge in [-0.15, -0.1) is 0 Å². The first kappa shape index (κ1) is 14.1. The zero-order chi connectivity index (χ0) is 14.0. The first-order valence-corrected chi connectivity index (χ1v) is 7.03. The highest BCUT2D eigenvalue weighted by Gasteiger charge is 2.13. The van der Waals surface area contributed by atoms with Gasteiger partial charge in [0.2, 0.25) is 0 Å². The lowest BCUT2D eigenvalue weighted by Crippen LogP contribution is -2.00. The van der Waals surface area contributed by atoms with Gasteiger partial charge in [0.15, 0.2) is 0 Å². The number of halogens is 2. The largest absolute Gasteiger partial charge is 0.478 e. The molecule has 0 heterocycles. The molecule has 0 atom stereocenters. The van der Waals surface area contributed by atoms with Gasteiger partial charge in [0.05, 0.1) is 4.47 Å². The standard InChI is InChI=1S/C14H10Br2O3/c1-8-2-5-12(11(16)6-8)19-13-7-9(15)3-4-10(13)14(17)18/h2-7H,1H3,(H,17,18). The van der Waals surface area contributed by atoms with Crippen LogP contribution in [0.5, 0.6) is 11.5 Å². The molecule has 0 aliphatic rings. The number of rotatable bonds is 3. The number of aryl methyl sites for hydroxylation is 1. The van der Waals surface area contributed by atoms with Crippen LogP contribution in [0.2, 0.25) is 0 Å². The van der Waals surface area contributed by atoms with E-state index in [9.17, 15) is 4.79 Å². The number of carboxylic acid groups (broad SMARTS) is 1. The van der Waals surface area contributed by atoms with Crippen LogP contribution in [0.1, 0.15) is 15.9 Å². The lowest BCUT2D eigenvalue weighted by molar-refractivity contribution is 0.0694. The fraction of sp³-hybridized carbons (Fsp3) is 0.0714. The van der Waals surface area contributed by atoms with Crippen LogP contribution in [0.3, 0.4) is 0 Å². The van der Waals surface area contributed by atoms with Crippen molar-refractivity contribution in [1.82, 2.24) is 0 Å². The Morgan fingerprint density at radius 1 is 1.11 bits per heavy atom. The van der Waals surface area contributed by atoms with E-state index in [1.807, 2.05) is 19.1 Å². The molecule has 0 aromatic heterocycles. The highest BCUT2D eigenvalue weighted by Crippen LogP contribution is 2.33. The first-order valence-electron chi connectivity index (χ1n) is 5.44. The first-order chi connectivity index (χ1) is 8.97. The van der Waals surface area contributed by atoms with Gasteiger partial charge in [-0.05, 0) is 58.7 Å². The number of hydrogen-bond donors (Lipinski definition) is 1. The molecule has 2 aromatic carbocycles. The summed E-state index contributed by atoms with van der Waals surface area (Å²) in [7, 11) is 0. The maximum absolute atomic E-state index is 11.2. The third-order valence-electron chi connectivity index (χ3n) is 2.48. The van der Waals surface area contributed by atoms with Gasteiger partial charge in [0.25, 0.3) is 0 Å². The normalized spacial score (nSPS) is 10.3. The molecule has 0 unspecified atom stereocenters. The smallest absolute Gasteiger partial charge is 0.339 e. The number of ether oxygens (including phenoxy) is 1. The van der Waals surface area contributed by atoms with E-state index >= 15 is 0 Å². The van der Waals surface area contributed by atoms with Crippen molar-refractivity contribution in [2.24, 2.45) is 0 Å². The Balaban J connectivity index is 2.42. The molecule has 0 radical (unpaired) electrons.